The number of thiocarbonyl (C=S) groups is 1. The topological polar surface area (TPSA) is 54.3 Å². The highest BCUT2D eigenvalue weighted by atomic mass is 32.1. The molecular formula is C23H19N3O2S. The summed E-state index contributed by atoms with van der Waals surface area (Å²) in [5, 5.41) is 2.72. The molecule has 2 aromatic carbocycles. The van der Waals surface area contributed by atoms with Crippen LogP contribution in [0, 0.1) is 13.8 Å². The molecule has 4 rings (SSSR count). The van der Waals surface area contributed by atoms with E-state index >= 15 is 0 Å². The molecule has 3 aromatic rings. The Morgan fingerprint density at radius 1 is 0.966 bits per heavy atom. The van der Waals surface area contributed by atoms with Gasteiger partial charge in [-0.25, -0.2) is 0 Å². The van der Waals surface area contributed by atoms with Crippen LogP contribution >= 0.6 is 12.2 Å². The lowest BCUT2D eigenvalue weighted by Crippen LogP contribution is -2.54. The molecule has 1 aliphatic heterocycles. The van der Waals surface area contributed by atoms with E-state index in [1.54, 1.807) is 6.08 Å². The summed E-state index contributed by atoms with van der Waals surface area (Å²) < 4.78 is 1.94. The Labute approximate surface area is 174 Å². The van der Waals surface area contributed by atoms with Crippen LogP contribution in [0.2, 0.25) is 0 Å². The third-order valence-corrected chi connectivity index (χ3v) is 5.10. The van der Waals surface area contributed by atoms with Gasteiger partial charge in [0, 0.05) is 17.6 Å². The second kappa shape index (κ2) is 7.48. The number of amides is 2. The summed E-state index contributed by atoms with van der Waals surface area (Å²) in [7, 11) is 0. The molecule has 0 spiro atoms. The molecule has 2 amide bonds. The molecule has 0 saturated carbocycles. The van der Waals surface area contributed by atoms with Gasteiger partial charge in [0.2, 0.25) is 0 Å². The van der Waals surface area contributed by atoms with Gasteiger partial charge in [0.05, 0.1) is 5.69 Å². The van der Waals surface area contributed by atoms with Gasteiger partial charge in [-0.15, -0.1) is 0 Å². The lowest BCUT2D eigenvalue weighted by molar-refractivity contribution is -0.122. The maximum atomic E-state index is 13.2. The summed E-state index contributed by atoms with van der Waals surface area (Å²) in [5.41, 5.74) is 4.39. The van der Waals surface area contributed by atoms with Crippen LogP contribution in [0.15, 0.2) is 72.4 Å². The molecule has 1 aliphatic rings. The van der Waals surface area contributed by atoms with Crippen molar-refractivity contribution in [2.24, 2.45) is 0 Å². The van der Waals surface area contributed by atoms with Gasteiger partial charge in [0.15, 0.2) is 5.11 Å². The van der Waals surface area contributed by atoms with Gasteiger partial charge in [-0.3, -0.25) is 19.8 Å². The normalized spacial score (nSPS) is 15.7. The Hall–Kier alpha value is -3.51. The minimum atomic E-state index is -0.498. The van der Waals surface area contributed by atoms with E-state index in [9.17, 15) is 9.59 Å². The Bertz CT molecular complexity index is 1180. The fraction of sp³-hybridized carbons (Fsp3) is 0.0870. The van der Waals surface area contributed by atoms with Crippen molar-refractivity contribution in [1.82, 2.24) is 9.88 Å². The van der Waals surface area contributed by atoms with Gasteiger partial charge < -0.3 is 4.57 Å². The number of hydrogen-bond donors (Lipinski definition) is 1. The number of para-hydroxylation sites is 1. The first-order valence-corrected chi connectivity index (χ1v) is 9.58. The van der Waals surface area contributed by atoms with Crippen molar-refractivity contribution in [1.29, 1.82) is 0 Å². The number of anilines is 1. The Kier molecular flexibility index (Phi) is 4.86. The zero-order valence-electron chi connectivity index (χ0n) is 16.0. The number of hydrogen-bond acceptors (Lipinski definition) is 3. The summed E-state index contributed by atoms with van der Waals surface area (Å²) in [6.07, 6.45) is 3.50. The molecule has 29 heavy (non-hydrogen) atoms. The monoisotopic (exact) mass is 401 g/mol. The maximum Gasteiger partial charge on any atom is 0.270 e. The number of carbonyl (C=O) groups is 2. The molecule has 1 aromatic heterocycles. The Balaban J connectivity index is 1.77. The van der Waals surface area contributed by atoms with Crippen molar-refractivity contribution in [3.63, 3.8) is 0 Å². The predicted molar refractivity (Wildman–Crippen MR) is 118 cm³/mol. The number of benzene rings is 2. The fourth-order valence-electron chi connectivity index (χ4n) is 3.36. The van der Waals surface area contributed by atoms with Crippen molar-refractivity contribution >= 4 is 40.9 Å². The average Bonchev–Trinajstić information content (AvgIpc) is 3.15. The summed E-state index contributed by atoms with van der Waals surface area (Å²) in [6, 6.07) is 19.2. The van der Waals surface area contributed by atoms with Gasteiger partial charge in [-0.2, -0.15) is 0 Å². The standard InChI is InChI=1S/C23H19N3O2S/c1-15-7-5-9-17(13-15)25-12-6-10-18(25)14-19-21(27)24-23(29)26(22(19)28)20-11-4-3-8-16(20)2/h3-14H,1-2H3,(H,24,27,29)/b19-14+. The zero-order valence-corrected chi connectivity index (χ0v) is 16.9. The summed E-state index contributed by atoms with van der Waals surface area (Å²) in [5.74, 6) is -0.938. The number of nitrogens with one attached hydrogen (secondary N) is 1. The van der Waals surface area contributed by atoms with Gasteiger partial charge in [0.25, 0.3) is 11.8 Å². The van der Waals surface area contributed by atoms with Crippen LogP contribution in [-0.2, 0) is 9.59 Å². The molecule has 6 heteroatoms. The van der Waals surface area contributed by atoms with Gasteiger partial charge >= 0.3 is 0 Å². The lowest BCUT2D eigenvalue weighted by Gasteiger charge is -2.30. The smallest absolute Gasteiger partial charge is 0.270 e. The Morgan fingerprint density at radius 2 is 1.76 bits per heavy atom. The molecule has 5 nitrogen and oxygen atoms in total. The van der Waals surface area contributed by atoms with E-state index in [2.05, 4.69) is 5.32 Å². The molecule has 0 atom stereocenters. The number of nitrogens with zero attached hydrogens (tertiary/aromatic N) is 2. The minimum Gasteiger partial charge on any atom is -0.317 e. The van der Waals surface area contributed by atoms with Crippen LogP contribution in [0.5, 0.6) is 0 Å². The first-order chi connectivity index (χ1) is 14.0. The predicted octanol–water partition coefficient (Wildman–Crippen LogP) is 3.93. The van der Waals surface area contributed by atoms with Gasteiger partial charge in [-0.05, 0) is 73.6 Å². The molecule has 1 saturated heterocycles. The van der Waals surface area contributed by atoms with E-state index in [0.29, 0.717) is 5.69 Å². The van der Waals surface area contributed by atoms with Crippen LogP contribution in [-0.4, -0.2) is 21.5 Å². The van der Waals surface area contributed by atoms with Crippen LogP contribution in [0.1, 0.15) is 16.8 Å². The highest BCUT2D eigenvalue weighted by Crippen LogP contribution is 2.25. The first kappa shape index (κ1) is 18.8. The quantitative estimate of drug-likeness (QED) is 0.411. The average molecular weight is 401 g/mol. The van der Waals surface area contributed by atoms with E-state index in [4.69, 9.17) is 12.2 Å². The molecule has 1 fully saturated rings. The van der Waals surface area contributed by atoms with Gasteiger partial charge in [0.1, 0.15) is 5.57 Å². The van der Waals surface area contributed by atoms with Crippen LogP contribution in [0.4, 0.5) is 5.69 Å². The van der Waals surface area contributed by atoms with E-state index in [-0.39, 0.29) is 10.7 Å². The van der Waals surface area contributed by atoms with Crippen molar-refractivity contribution < 1.29 is 9.59 Å². The summed E-state index contributed by atoms with van der Waals surface area (Å²) in [4.78, 5) is 27.2. The summed E-state index contributed by atoms with van der Waals surface area (Å²) >= 11 is 5.28. The fourth-order valence-corrected chi connectivity index (χ4v) is 3.64. The third-order valence-electron chi connectivity index (χ3n) is 4.81. The number of carbonyl (C=O) groups excluding carboxylic acids is 2. The van der Waals surface area contributed by atoms with Crippen molar-refractivity contribution in [3.05, 3.63) is 89.3 Å². The molecule has 0 aliphatic carbocycles. The summed E-state index contributed by atoms with van der Waals surface area (Å²) in [6.45, 7) is 3.91. The largest absolute Gasteiger partial charge is 0.317 e. The molecule has 2 heterocycles. The number of aryl methyl sites for hydroxylation is 2. The van der Waals surface area contributed by atoms with E-state index < -0.39 is 11.8 Å². The maximum absolute atomic E-state index is 13.2. The minimum absolute atomic E-state index is 0.0365. The lowest BCUT2D eigenvalue weighted by atomic mass is 10.1. The van der Waals surface area contributed by atoms with E-state index in [1.165, 1.54) is 4.90 Å². The Morgan fingerprint density at radius 3 is 2.52 bits per heavy atom. The second-order valence-electron chi connectivity index (χ2n) is 6.89. The molecule has 1 N–H and O–H groups in total. The SMILES string of the molecule is Cc1cccc(-n2cccc2/C=C2\C(=O)NC(=S)N(c3ccccc3C)C2=O)c1. The van der Waals surface area contributed by atoms with E-state index in [1.807, 2.05) is 85.3 Å². The molecule has 0 radical (unpaired) electrons. The van der Waals surface area contributed by atoms with Crippen molar-refractivity contribution in [2.45, 2.75) is 13.8 Å². The zero-order chi connectivity index (χ0) is 20.5. The first-order valence-electron chi connectivity index (χ1n) is 9.17. The van der Waals surface area contributed by atoms with Crippen molar-refractivity contribution in [2.75, 3.05) is 4.90 Å². The third kappa shape index (κ3) is 3.50. The molecule has 0 bridgehead atoms. The highest BCUT2D eigenvalue weighted by molar-refractivity contribution is 7.80. The molecule has 0 unspecified atom stereocenters. The highest BCUT2D eigenvalue weighted by Gasteiger charge is 2.35. The van der Waals surface area contributed by atoms with Gasteiger partial charge in [-0.1, -0.05) is 30.3 Å². The van der Waals surface area contributed by atoms with Crippen LogP contribution < -0.4 is 10.2 Å². The van der Waals surface area contributed by atoms with Crippen LogP contribution in [0.3, 0.4) is 0 Å². The van der Waals surface area contributed by atoms with Crippen LogP contribution in [0.25, 0.3) is 11.8 Å². The number of rotatable bonds is 3. The van der Waals surface area contributed by atoms with E-state index in [0.717, 1.165) is 22.5 Å². The second-order valence-corrected chi connectivity index (χ2v) is 7.27. The molecular weight excluding hydrogens is 382 g/mol. The number of aromatic nitrogens is 1. The van der Waals surface area contributed by atoms with Crippen molar-refractivity contribution in [3.8, 4) is 5.69 Å². The molecule has 144 valence electrons.